The van der Waals surface area contributed by atoms with Crippen molar-refractivity contribution in [3.8, 4) is 11.4 Å². The lowest BCUT2D eigenvalue weighted by molar-refractivity contribution is -0.119. The monoisotopic (exact) mass is 442 g/mol. The molecule has 0 radical (unpaired) electrons. The maximum atomic E-state index is 13.3. The number of phenols is 1. The molecule has 1 fully saturated rings. The van der Waals surface area contributed by atoms with Gasteiger partial charge in [-0.25, -0.2) is 4.68 Å². The van der Waals surface area contributed by atoms with Crippen molar-refractivity contribution in [2.75, 3.05) is 11.9 Å². The Hall–Kier alpha value is -4.27. The second-order valence-electron chi connectivity index (χ2n) is 8.08. The molecule has 1 unspecified atom stereocenters. The Morgan fingerprint density at radius 2 is 1.97 bits per heavy atom. The Kier molecular flexibility index (Phi) is 5.21. The molecule has 0 saturated carbocycles. The third-order valence-corrected chi connectivity index (χ3v) is 6.02. The van der Waals surface area contributed by atoms with Gasteiger partial charge in [-0.15, -0.1) is 5.10 Å². The number of rotatable bonds is 4. The lowest BCUT2D eigenvalue weighted by atomic mass is 10.0. The molecule has 33 heavy (non-hydrogen) atoms. The van der Waals surface area contributed by atoms with Gasteiger partial charge < -0.3 is 15.3 Å². The minimum atomic E-state index is -0.624. The zero-order chi connectivity index (χ0) is 22.9. The quantitative estimate of drug-likeness (QED) is 0.502. The van der Waals surface area contributed by atoms with Crippen LogP contribution in [0.3, 0.4) is 0 Å². The van der Waals surface area contributed by atoms with Gasteiger partial charge in [0.25, 0.3) is 5.91 Å². The first kappa shape index (κ1) is 20.6. The van der Waals surface area contributed by atoms with Gasteiger partial charge in [0.1, 0.15) is 18.1 Å². The number of benzene rings is 3. The van der Waals surface area contributed by atoms with Crippen molar-refractivity contribution in [1.29, 1.82) is 0 Å². The van der Waals surface area contributed by atoms with Gasteiger partial charge in [0.2, 0.25) is 5.91 Å². The summed E-state index contributed by atoms with van der Waals surface area (Å²) in [5.41, 5.74) is 2.48. The normalized spacial score (nSPS) is 15.7. The van der Waals surface area contributed by atoms with Crippen molar-refractivity contribution in [2.24, 2.45) is 0 Å². The predicted molar refractivity (Wildman–Crippen MR) is 122 cm³/mol. The first-order chi connectivity index (χ1) is 16.0. The van der Waals surface area contributed by atoms with Crippen LogP contribution in [-0.2, 0) is 4.79 Å². The van der Waals surface area contributed by atoms with Crippen LogP contribution in [0.25, 0.3) is 16.5 Å². The number of tetrazole rings is 1. The number of aryl methyl sites for hydroxylation is 1. The molecule has 5 rings (SSSR count). The van der Waals surface area contributed by atoms with E-state index in [1.165, 1.54) is 15.9 Å². The first-order valence-electron chi connectivity index (χ1n) is 10.7. The van der Waals surface area contributed by atoms with E-state index in [0.717, 1.165) is 16.6 Å². The van der Waals surface area contributed by atoms with Crippen LogP contribution in [0.4, 0.5) is 5.69 Å². The summed E-state index contributed by atoms with van der Waals surface area (Å²) in [6.07, 6.45) is 2.75. The van der Waals surface area contributed by atoms with Gasteiger partial charge in [-0.05, 0) is 59.3 Å². The van der Waals surface area contributed by atoms with Crippen molar-refractivity contribution in [3.63, 3.8) is 0 Å². The van der Waals surface area contributed by atoms with E-state index >= 15 is 0 Å². The molecule has 1 aliphatic rings. The molecule has 2 N–H and O–H groups in total. The molecule has 1 aromatic heterocycles. The average Bonchev–Trinajstić information content (AvgIpc) is 3.53. The van der Waals surface area contributed by atoms with Crippen molar-refractivity contribution in [3.05, 3.63) is 72.1 Å². The van der Waals surface area contributed by atoms with Crippen LogP contribution in [0, 0.1) is 6.92 Å². The Bertz CT molecular complexity index is 1350. The number of carbonyl (C=O) groups is 2. The summed E-state index contributed by atoms with van der Waals surface area (Å²) in [6.45, 7) is 2.38. The first-order valence-corrected chi connectivity index (χ1v) is 10.7. The van der Waals surface area contributed by atoms with Gasteiger partial charge in [0, 0.05) is 17.6 Å². The Labute approximate surface area is 189 Å². The zero-order valence-corrected chi connectivity index (χ0v) is 18.0. The molecule has 4 aromatic rings. The molecule has 166 valence electrons. The molecule has 2 heterocycles. The Balaban J connectivity index is 1.38. The molecular weight excluding hydrogens is 420 g/mol. The largest absolute Gasteiger partial charge is 0.506 e. The van der Waals surface area contributed by atoms with Gasteiger partial charge in [0.05, 0.1) is 11.3 Å². The summed E-state index contributed by atoms with van der Waals surface area (Å²) in [4.78, 5) is 28.0. The van der Waals surface area contributed by atoms with Gasteiger partial charge in [-0.1, -0.05) is 36.4 Å². The number of likely N-dealkylation sites (tertiary alicyclic amines) is 1. The lowest BCUT2D eigenvalue weighted by Gasteiger charge is -2.24. The van der Waals surface area contributed by atoms with Crippen LogP contribution >= 0.6 is 0 Å². The second kappa shape index (κ2) is 8.34. The van der Waals surface area contributed by atoms with E-state index in [1.807, 2.05) is 31.2 Å². The maximum Gasteiger partial charge on any atom is 0.258 e. The van der Waals surface area contributed by atoms with Crippen LogP contribution in [0.5, 0.6) is 5.75 Å². The standard InChI is InChI=1S/C24H22N6O3/c1-15-8-10-17(13-21(15)30-14-25-27-28-30)26-23(32)20-7-4-12-29(20)24(33)19-11-9-16-5-2-3-6-18(16)22(19)31/h2-3,5-6,8-11,13-14,20,31H,4,7,12H2,1H3,(H,26,32). The van der Waals surface area contributed by atoms with Gasteiger partial charge in [0.15, 0.2) is 0 Å². The van der Waals surface area contributed by atoms with Crippen molar-refractivity contribution in [2.45, 2.75) is 25.8 Å². The number of anilines is 1. The summed E-state index contributed by atoms with van der Waals surface area (Å²) in [5, 5.41) is 26.3. The molecule has 2 amide bonds. The van der Waals surface area contributed by atoms with E-state index in [4.69, 9.17) is 0 Å². The van der Waals surface area contributed by atoms with Crippen LogP contribution in [0.1, 0.15) is 28.8 Å². The van der Waals surface area contributed by atoms with Gasteiger partial charge >= 0.3 is 0 Å². The fourth-order valence-corrected chi connectivity index (χ4v) is 4.30. The minimum Gasteiger partial charge on any atom is -0.506 e. The zero-order valence-electron chi connectivity index (χ0n) is 18.0. The molecule has 0 spiro atoms. The summed E-state index contributed by atoms with van der Waals surface area (Å²) < 4.78 is 1.53. The summed E-state index contributed by atoms with van der Waals surface area (Å²) >= 11 is 0. The number of nitrogens with one attached hydrogen (secondary N) is 1. The van der Waals surface area contributed by atoms with E-state index in [-0.39, 0.29) is 23.1 Å². The third kappa shape index (κ3) is 3.78. The van der Waals surface area contributed by atoms with Gasteiger partial charge in [-0.2, -0.15) is 0 Å². The molecule has 9 nitrogen and oxygen atoms in total. The smallest absolute Gasteiger partial charge is 0.258 e. The van der Waals surface area contributed by atoms with Crippen LogP contribution in [0.2, 0.25) is 0 Å². The van der Waals surface area contributed by atoms with Crippen molar-refractivity contribution < 1.29 is 14.7 Å². The number of amides is 2. The number of carbonyl (C=O) groups excluding carboxylic acids is 2. The highest BCUT2D eigenvalue weighted by atomic mass is 16.3. The molecule has 3 aromatic carbocycles. The number of nitrogens with zero attached hydrogens (tertiary/aromatic N) is 5. The number of aromatic nitrogens is 4. The molecule has 1 aliphatic heterocycles. The van der Waals surface area contributed by atoms with E-state index in [0.29, 0.717) is 30.5 Å². The molecular formula is C24H22N6O3. The van der Waals surface area contributed by atoms with E-state index < -0.39 is 6.04 Å². The Morgan fingerprint density at radius 1 is 1.12 bits per heavy atom. The average molecular weight is 442 g/mol. The molecule has 0 aliphatic carbocycles. The minimum absolute atomic E-state index is 0.0613. The molecule has 1 atom stereocenters. The number of hydrogen-bond acceptors (Lipinski definition) is 6. The highest BCUT2D eigenvalue weighted by molar-refractivity contribution is 6.06. The number of fused-ring (bicyclic) bond motifs is 1. The molecule has 1 saturated heterocycles. The van der Waals surface area contributed by atoms with E-state index in [1.54, 1.807) is 30.3 Å². The van der Waals surface area contributed by atoms with Crippen LogP contribution < -0.4 is 5.32 Å². The molecule has 0 bridgehead atoms. The number of hydrogen-bond donors (Lipinski definition) is 2. The van der Waals surface area contributed by atoms with Gasteiger partial charge in [-0.3, -0.25) is 9.59 Å². The summed E-state index contributed by atoms with van der Waals surface area (Å²) in [7, 11) is 0. The summed E-state index contributed by atoms with van der Waals surface area (Å²) in [6, 6.07) is 15.6. The second-order valence-corrected chi connectivity index (χ2v) is 8.08. The Morgan fingerprint density at radius 3 is 2.79 bits per heavy atom. The lowest BCUT2D eigenvalue weighted by Crippen LogP contribution is -2.43. The fraction of sp³-hybridized carbons (Fsp3) is 0.208. The SMILES string of the molecule is Cc1ccc(NC(=O)C2CCCN2C(=O)c2ccc3ccccc3c2O)cc1-n1cnnn1. The predicted octanol–water partition coefficient (Wildman–Crippen LogP) is 3.07. The van der Waals surface area contributed by atoms with Crippen molar-refractivity contribution >= 4 is 28.3 Å². The third-order valence-electron chi connectivity index (χ3n) is 6.02. The topological polar surface area (TPSA) is 113 Å². The highest BCUT2D eigenvalue weighted by Gasteiger charge is 2.35. The van der Waals surface area contributed by atoms with Crippen LogP contribution in [-0.4, -0.2) is 54.6 Å². The van der Waals surface area contributed by atoms with Crippen molar-refractivity contribution in [1.82, 2.24) is 25.1 Å². The fourth-order valence-electron chi connectivity index (χ4n) is 4.30. The van der Waals surface area contributed by atoms with E-state index in [2.05, 4.69) is 20.8 Å². The van der Waals surface area contributed by atoms with E-state index in [9.17, 15) is 14.7 Å². The molecule has 9 heteroatoms. The summed E-state index contributed by atoms with van der Waals surface area (Å²) in [5.74, 6) is -0.685. The van der Waals surface area contributed by atoms with Crippen LogP contribution in [0.15, 0.2) is 60.9 Å². The number of phenolic OH excluding ortho intramolecular Hbond substituents is 1. The number of aromatic hydroxyl groups is 1. The highest BCUT2D eigenvalue weighted by Crippen LogP contribution is 2.31. The maximum absolute atomic E-state index is 13.3.